The van der Waals surface area contributed by atoms with Crippen LogP contribution >= 0.6 is 15.9 Å². The van der Waals surface area contributed by atoms with Crippen molar-refractivity contribution in [2.75, 3.05) is 13.2 Å². The van der Waals surface area contributed by atoms with E-state index in [0.717, 1.165) is 16.4 Å². The van der Waals surface area contributed by atoms with Gasteiger partial charge in [-0.15, -0.1) is 0 Å². The van der Waals surface area contributed by atoms with Crippen molar-refractivity contribution < 1.29 is 9.53 Å². The Bertz CT molecular complexity index is 617. The SMILES string of the molecule is CC[C@]12CCC[C@@H]3C[C@@H](COC(=O)c4ccc(Br)cc4)N(CC1)[C@@H]32. The molecule has 3 nitrogen and oxygen atoms in total. The highest BCUT2D eigenvalue weighted by Crippen LogP contribution is 2.56. The number of halogens is 1. The van der Waals surface area contributed by atoms with Crippen LogP contribution in [0.3, 0.4) is 0 Å². The molecule has 0 amide bonds. The maximum atomic E-state index is 12.3. The van der Waals surface area contributed by atoms with Crippen LogP contribution in [0.25, 0.3) is 0 Å². The van der Waals surface area contributed by atoms with Crippen LogP contribution in [0, 0.1) is 11.3 Å². The lowest BCUT2D eigenvalue weighted by atomic mass is 9.65. The van der Waals surface area contributed by atoms with Gasteiger partial charge < -0.3 is 4.74 Å². The van der Waals surface area contributed by atoms with Gasteiger partial charge in [-0.2, -0.15) is 0 Å². The number of esters is 1. The van der Waals surface area contributed by atoms with Crippen LogP contribution in [-0.2, 0) is 4.74 Å². The van der Waals surface area contributed by atoms with E-state index >= 15 is 0 Å². The zero-order chi connectivity index (χ0) is 16.7. The van der Waals surface area contributed by atoms with Crippen LogP contribution in [0.4, 0.5) is 0 Å². The second-order valence-corrected chi connectivity index (χ2v) is 8.71. The summed E-state index contributed by atoms with van der Waals surface area (Å²) in [6, 6.07) is 8.57. The Balaban J connectivity index is 1.41. The normalized spacial score (nSPS) is 35.0. The Morgan fingerprint density at radius 2 is 2.12 bits per heavy atom. The van der Waals surface area contributed by atoms with Crippen LogP contribution in [0.1, 0.15) is 55.8 Å². The van der Waals surface area contributed by atoms with E-state index in [2.05, 4.69) is 27.8 Å². The minimum absolute atomic E-state index is 0.196. The van der Waals surface area contributed by atoms with Crippen molar-refractivity contribution in [2.24, 2.45) is 11.3 Å². The largest absolute Gasteiger partial charge is 0.460 e. The summed E-state index contributed by atoms with van der Waals surface area (Å²) in [5.74, 6) is 0.621. The minimum atomic E-state index is -0.196. The second-order valence-electron chi connectivity index (χ2n) is 7.80. The van der Waals surface area contributed by atoms with Gasteiger partial charge in [-0.3, -0.25) is 4.90 Å². The lowest BCUT2D eigenvalue weighted by Gasteiger charge is -2.42. The highest BCUT2D eigenvalue weighted by atomic mass is 79.9. The van der Waals surface area contributed by atoms with E-state index < -0.39 is 0 Å². The van der Waals surface area contributed by atoms with Crippen molar-refractivity contribution in [1.82, 2.24) is 4.90 Å². The molecule has 2 heterocycles. The topological polar surface area (TPSA) is 29.5 Å². The standard InChI is InChI=1S/C20H26BrNO2/c1-2-20-9-3-4-15-12-17(22(11-10-20)18(15)20)13-24-19(23)14-5-7-16(21)8-6-14/h5-8,15,17-18H,2-4,9-13H2,1H3/t15-,17+,18+,20+/m1/s1. The molecule has 4 atom stereocenters. The smallest absolute Gasteiger partial charge is 0.338 e. The number of ether oxygens (including phenoxy) is 1. The first-order valence-electron chi connectivity index (χ1n) is 9.31. The average Bonchev–Trinajstić information content (AvgIpc) is 3.17. The molecule has 1 aromatic rings. The van der Waals surface area contributed by atoms with Crippen molar-refractivity contribution in [2.45, 2.75) is 57.5 Å². The van der Waals surface area contributed by atoms with Gasteiger partial charge >= 0.3 is 5.97 Å². The summed E-state index contributed by atoms with van der Waals surface area (Å²) in [4.78, 5) is 15.0. The molecule has 130 valence electrons. The third-order valence-corrected chi connectivity index (χ3v) is 7.31. The zero-order valence-corrected chi connectivity index (χ0v) is 15.9. The maximum Gasteiger partial charge on any atom is 0.338 e. The quantitative estimate of drug-likeness (QED) is 0.699. The molecular formula is C20H26BrNO2. The van der Waals surface area contributed by atoms with Gasteiger partial charge in [0.05, 0.1) is 5.56 Å². The summed E-state index contributed by atoms with van der Waals surface area (Å²) in [5, 5.41) is 0. The first kappa shape index (κ1) is 16.6. The van der Waals surface area contributed by atoms with Gasteiger partial charge in [-0.25, -0.2) is 4.79 Å². The molecule has 0 aromatic heterocycles. The highest BCUT2D eigenvalue weighted by Gasteiger charge is 2.57. The third-order valence-electron chi connectivity index (χ3n) is 6.78. The predicted molar refractivity (Wildman–Crippen MR) is 98.0 cm³/mol. The molecule has 24 heavy (non-hydrogen) atoms. The van der Waals surface area contributed by atoms with Crippen molar-refractivity contribution in [3.63, 3.8) is 0 Å². The fourth-order valence-electron chi connectivity index (χ4n) is 5.62. The summed E-state index contributed by atoms with van der Waals surface area (Å²) in [5.41, 5.74) is 1.19. The first-order chi connectivity index (χ1) is 11.6. The van der Waals surface area contributed by atoms with Crippen LogP contribution in [0.5, 0.6) is 0 Å². The fourth-order valence-corrected chi connectivity index (χ4v) is 5.88. The van der Waals surface area contributed by atoms with E-state index in [4.69, 9.17) is 4.74 Å². The summed E-state index contributed by atoms with van der Waals surface area (Å²) in [7, 11) is 0. The van der Waals surface area contributed by atoms with Gasteiger partial charge in [-0.05, 0) is 74.2 Å². The Hall–Kier alpha value is -0.870. The molecule has 0 radical (unpaired) electrons. The van der Waals surface area contributed by atoms with E-state index in [1.807, 2.05) is 24.3 Å². The van der Waals surface area contributed by atoms with Gasteiger partial charge in [-0.1, -0.05) is 29.3 Å². The molecule has 4 rings (SSSR count). The molecule has 0 N–H and O–H groups in total. The van der Waals surface area contributed by atoms with Crippen LogP contribution in [-0.4, -0.2) is 36.1 Å². The van der Waals surface area contributed by atoms with Crippen molar-refractivity contribution in [1.29, 1.82) is 0 Å². The lowest BCUT2D eigenvalue weighted by Crippen LogP contribution is -2.44. The fraction of sp³-hybridized carbons (Fsp3) is 0.650. The number of benzene rings is 1. The van der Waals surface area contributed by atoms with Crippen LogP contribution in [0.15, 0.2) is 28.7 Å². The van der Waals surface area contributed by atoms with E-state index in [-0.39, 0.29) is 5.97 Å². The number of rotatable bonds is 4. The zero-order valence-electron chi connectivity index (χ0n) is 14.3. The van der Waals surface area contributed by atoms with Crippen LogP contribution in [0.2, 0.25) is 0 Å². The second kappa shape index (κ2) is 6.45. The number of hydrogen-bond acceptors (Lipinski definition) is 3. The van der Waals surface area contributed by atoms with Gasteiger partial charge in [0, 0.05) is 16.6 Å². The number of carbonyl (C=O) groups excluding carboxylic acids is 1. The third kappa shape index (κ3) is 2.72. The highest BCUT2D eigenvalue weighted by molar-refractivity contribution is 9.10. The molecule has 3 fully saturated rings. The van der Waals surface area contributed by atoms with Gasteiger partial charge in [0.2, 0.25) is 0 Å². The summed E-state index contributed by atoms with van der Waals surface area (Å²) in [6.45, 7) is 4.10. The summed E-state index contributed by atoms with van der Waals surface area (Å²) >= 11 is 3.40. The van der Waals surface area contributed by atoms with E-state index in [0.29, 0.717) is 23.6 Å². The Morgan fingerprint density at radius 1 is 1.33 bits per heavy atom. The Morgan fingerprint density at radius 3 is 2.88 bits per heavy atom. The minimum Gasteiger partial charge on any atom is -0.460 e. The average molecular weight is 392 g/mol. The molecule has 0 bridgehead atoms. The first-order valence-corrected chi connectivity index (χ1v) is 10.1. The molecule has 1 aliphatic carbocycles. The van der Waals surface area contributed by atoms with E-state index in [1.165, 1.54) is 45.1 Å². The van der Waals surface area contributed by atoms with Gasteiger partial charge in [0.1, 0.15) is 6.61 Å². The Kier molecular flexibility index (Phi) is 4.46. The Labute approximate surface area is 152 Å². The monoisotopic (exact) mass is 391 g/mol. The summed E-state index contributed by atoms with van der Waals surface area (Å²) < 4.78 is 6.66. The predicted octanol–water partition coefficient (Wildman–Crippen LogP) is 4.65. The van der Waals surface area contributed by atoms with E-state index in [1.54, 1.807) is 0 Å². The number of nitrogens with zero attached hydrogens (tertiary/aromatic N) is 1. The van der Waals surface area contributed by atoms with Gasteiger partial charge in [0.15, 0.2) is 0 Å². The lowest BCUT2D eigenvalue weighted by molar-refractivity contribution is 0.0358. The molecule has 1 saturated carbocycles. The molecule has 0 unspecified atom stereocenters. The van der Waals surface area contributed by atoms with Crippen molar-refractivity contribution >= 4 is 21.9 Å². The molecular weight excluding hydrogens is 366 g/mol. The van der Waals surface area contributed by atoms with Crippen molar-refractivity contribution in [3.8, 4) is 0 Å². The van der Waals surface area contributed by atoms with Crippen LogP contribution < -0.4 is 0 Å². The number of hydrogen-bond donors (Lipinski definition) is 0. The molecule has 1 aromatic carbocycles. The molecule has 2 aliphatic heterocycles. The van der Waals surface area contributed by atoms with E-state index in [9.17, 15) is 4.79 Å². The molecule has 4 heteroatoms. The molecule has 3 aliphatic rings. The summed E-state index contributed by atoms with van der Waals surface area (Å²) in [6.07, 6.45) is 7.98. The molecule has 2 saturated heterocycles. The molecule has 0 spiro atoms. The maximum absolute atomic E-state index is 12.3. The number of carbonyl (C=O) groups is 1. The van der Waals surface area contributed by atoms with Gasteiger partial charge in [0.25, 0.3) is 0 Å². The van der Waals surface area contributed by atoms with Crippen molar-refractivity contribution in [3.05, 3.63) is 34.3 Å².